The number of rotatable bonds is 5. The lowest BCUT2D eigenvalue weighted by Gasteiger charge is -2.31. The fourth-order valence-corrected chi connectivity index (χ4v) is 4.23. The van der Waals surface area contributed by atoms with E-state index in [1.807, 2.05) is 6.92 Å². The second-order valence-electron chi connectivity index (χ2n) is 7.46. The van der Waals surface area contributed by atoms with E-state index in [1.54, 1.807) is 0 Å². The molecule has 1 aromatic heterocycles. The highest BCUT2D eigenvalue weighted by Gasteiger charge is 2.40. The molecule has 2 fully saturated rings. The Hall–Kier alpha value is -2.22. The molecular weight excluding hydrogens is 346 g/mol. The van der Waals surface area contributed by atoms with Gasteiger partial charge in [-0.05, 0) is 26.2 Å². The third-order valence-electron chi connectivity index (χ3n) is 5.53. The van der Waals surface area contributed by atoms with Crippen LogP contribution in [-0.2, 0) is 4.79 Å². The van der Waals surface area contributed by atoms with Crippen LogP contribution in [0.25, 0.3) is 0 Å². The molecule has 0 bridgehead atoms. The van der Waals surface area contributed by atoms with Crippen LogP contribution in [0.5, 0.6) is 0 Å². The molecule has 1 aliphatic heterocycles. The molecule has 2 aliphatic rings. The van der Waals surface area contributed by atoms with Gasteiger partial charge in [0.2, 0.25) is 5.91 Å². The van der Waals surface area contributed by atoms with Crippen LogP contribution in [0.3, 0.4) is 0 Å². The molecular formula is C19H29N5O3. The number of H-pyrrole nitrogens is 1. The Morgan fingerprint density at radius 3 is 2.63 bits per heavy atom. The minimum Gasteiger partial charge on any atom is -0.355 e. The monoisotopic (exact) mass is 375 g/mol. The lowest BCUT2D eigenvalue weighted by molar-refractivity contribution is -0.126. The van der Waals surface area contributed by atoms with Crippen molar-refractivity contribution in [2.75, 3.05) is 13.1 Å². The predicted octanol–water partition coefficient (Wildman–Crippen LogP) is 0.802. The van der Waals surface area contributed by atoms with Crippen molar-refractivity contribution in [1.29, 1.82) is 0 Å². The van der Waals surface area contributed by atoms with E-state index < -0.39 is 0 Å². The second kappa shape index (κ2) is 9.12. The molecule has 0 unspecified atom stereocenters. The van der Waals surface area contributed by atoms with Crippen molar-refractivity contribution >= 4 is 11.8 Å². The van der Waals surface area contributed by atoms with E-state index in [0.717, 1.165) is 19.0 Å². The van der Waals surface area contributed by atoms with Crippen LogP contribution in [0.15, 0.2) is 17.2 Å². The molecule has 1 saturated carbocycles. The van der Waals surface area contributed by atoms with Gasteiger partial charge >= 0.3 is 0 Å². The van der Waals surface area contributed by atoms with Crippen LogP contribution in [0.2, 0.25) is 0 Å². The molecule has 3 rings (SSSR count). The quantitative estimate of drug-likeness (QED) is 0.660. The van der Waals surface area contributed by atoms with Gasteiger partial charge in [-0.2, -0.15) is 0 Å². The van der Waals surface area contributed by atoms with E-state index in [9.17, 15) is 14.4 Å². The number of aromatic amines is 1. The summed E-state index contributed by atoms with van der Waals surface area (Å²) in [6, 6.07) is 0.0807. The Bertz CT molecular complexity index is 691. The van der Waals surface area contributed by atoms with Gasteiger partial charge in [0.25, 0.3) is 11.5 Å². The highest BCUT2D eigenvalue weighted by Crippen LogP contribution is 2.29. The van der Waals surface area contributed by atoms with Gasteiger partial charge in [0.1, 0.15) is 5.69 Å². The van der Waals surface area contributed by atoms with Gasteiger partial charge in [0.05, 0.1) is 12.2 Å². The second-order valence-corrected chi connectivity index (χ2v) is 7.46. The number of amides is 2. The van der Waals surface area contributed by atoms with Gasteiger partial charge in [0, 0.05) is 31.4 Å². The van der Waals surface area contributed by atoms with Crippen molar-refractivity contribution < 1.29 is 9.59 Å². The number of carbonyl (C=O) groups is 2. The molecule has 1 aromatic rings. The third kappa shape index (κ3) is 4.94. The SMILES string of the molecule is CCNC(=O)[C@@H]1C[C@H](NC(=O)c2c[nH]c(=O)cn2)CN1C1CCCCCC1. The molecule has 0 radical (unpaired) electrons. The molecule has 8 nitrogen and oxygen atoms in total. The zero-order chi connectivity index (χ0) is 19.2. The number of carbonyl (C=O) groups excluding carboxylic acids is 2. The largest absolute Gasteiger partial charge is 0.355 e. The number of aromatic nitrogens is 2. The fraction of sp³-hybridized carbons (Fsp3) is 0.684. The van der Waals surface area contributed by atoms with E-state index in [0.29, 0.717) is 25.6 Å². The normalized spacial score (nSPS) is 24.3. The number of likely N-dealkylation sites (tertiary alicyclic amines) is 1. The van der Waals surface area contributed by atoms with E-state index in [4.69, 9.17) is 0 Å². The standard InChI is InChI=1S/C19H29N5O3/c1-2-20-19(27)16-9-13(12-24(16)14-7-5-3-4-6-8-14)23-18(26)15-10-22-17(25)11-21-15/h10-11,13-14,16H,2-9,12H2,1H3,(H,20,27)(H,22,25)(H,23,26)/t13-,16-/m0/s1. The zero-order valence-corrected chi connectivity index (χ0v) is 15.9. The van der Waals surface area contributed by atoms with Crippen LogP contribution in [-0.4, -0.2) is 57.9 Å². The van der Waals surface area contributed by atoms with E-state index in [-0.39, 0.29) is 35.2 Å². The topological polar surface area (TPSA) is 107 Å². The maximum atomic E-state index is 12.6. The summed E-state index contributed by atoms with van der Waals surface area (Å²) in [4.78, 5) is 44.8. The first-order valence-electron chi connectivity index (χ1n) is 9.97. The van der Waals surface area contributed by atoms with Crippen LogP contribution in [0.1, 0.15) is 62.4 Å². The minimum atomic E-state index is -0.344. The smallest absolute Gasteiger partial charge is 0.271 e. The lowest BCUT2D eigenvalue weighted by Crippen LogP contribution is -2.47. The van der Waals surface area contributed by atoms with Gasteiger partial charge in [-0.3, -0.25) is 19.3 Å². The first kappa shape index (κ1) is 19.5. The molecule has 0 spiro atoms. The summed E-state index contributed by atoms with van der Waals surface area (Å²) in [6.07, 6.45) is 10.1. The van der Waals surface area contributed by atoms with Crippen molar-refractivity contribution in [3.05, 3.63) is 28.4 Å². The van der Waals surface area contributed by atoms with Crippen LogP contribution < -0.4 is 16.2 Å². The van der Waals surface area contributed by atoms with Gasteiger partial charge in [0.15, 0.2) is 0 Å². The van der Waals surface area contributed by atoms with Crippen LogP contribution in [0.4, 0.5) is 0 Å². The van der Waals surface area contributed by atoms with E-state index in [1.165, 1.54) is 31.9 Å². The van der Waals surface area contributed by atoms with E-state index in [2.05, 4.69) is 25.5 Å². The van der Waals surface area contributed by atoms with Gasteiger partial charge in [-0.15, -0.1) is 0 Å². The molecule has 2 heterocycles. The highest BCUT2D eigenvalue weighted by molar-refractivity contribution is 5.92. The molecule has 2 atom stereocenters. The predicted molar refractivity (Wildman–Crippen MR) is 101 cm³/mol. The number of hydrogen-bond acceptors (Lipinski definition) is 5. The average molecular weight is 375 g/mol. The van der Waals surface area contributed by atoms with Crippen molar-refractivity contribution in [2.45, 2.75) is 70.0 Å². The van der Waals surface area contributed by atoms with Gasteiger partial charge in [-0.25, -0.2) is 4.98 Å². The molecule has 148 valence electrons. The van der Waals surface area contributed by atoms with E-state index >= 15 is 0 Å². The lowest BCUT2D eigenvalue weighted by atomic mass is 10.1. The summed E-state index contributed by atoms with van der Waals surface area (Å²) in [5, 5.41) is 5.92. The fourth-order valence-electron chi connectivity index (χ4n) is 4.23. The molecule has 27 heavy (non-hydrogen) atoms. The van der Waals surface area contributed by atoms with Gasteiger partial charge < -0.3 is 15.6 Å². The number of hydrogen-bond donors (Lipinski definition) is 3. The Labute approximate surface area is 159 Å². The summed E-state index contributed by atoms with van der Waals surface area (Å²) in [5.74, 6) is -0.283. The Balaban J connectivity index is 1.69. The molecule has 0 aromatic carbocycles. The van der Waals surface area contributed by atoms with Gasteiger partial charge in [-0.1, -0.05) is 25.7 Å². The first-order chi connectivity index (χ1) is 13.1. The van der Waals surface area contributed by atoms with Crippen LogP contribution >= 0.6 is 0 Å². The van der Waals surface area contributed by atoms with Crippen molar-refractivity contribution in [3.8, 4) is 0 Å². The Morgan fingerprint density at radius 1 is 1.26 bits per heavy atom. The van der Waals surface area contributed by atoms with Crippen molar-refractivity contribution in [1.82, 2.24) is 25.5 Å². The maximum absolute atomic E-state index is 12.6. The summed E-state index contributed by atoms with van der Waals surface area (Å²) in [6.45, 7) is 3.19. The number of nitrogens with zero attached hydrogens (tertiary/aromatic N) is 2. The minimum absolute atomic E-state index is 0.0423. The van der Waals surface area contributed by atoms with Crippen molar-refractivity contribution in [2.24, 2.45) is 0 Å². The van der Waals surface area contributed by atoms with Crippen molar-refractivity contribution in [3.63, 3.8) is 0 Å². The third-order valence-corrected chi connectivity index (χ3v) is 5.53. The average Bonchev–Trinajstić information content (AvgIpc) is 2.88. The molecule has 2 amide bonds. The molecule has 3 N–H and O–H groups in total. The molecule has 8 heteroatoms. The Morgan fingerprint density at radius 2 is 2.00 bits per heavy atom. The van der Waals surface area contributed by atoms with Crippen LogP contribution in [0, 0.1) is 0 Å². The number of likely N-dealkylation sites (N-methyl/N-ethyl adjacent to an activating group) is 1. The summed E-state index contributed by atoms with van der Waals surface area (Å²) < 4.78 is 0. The Kier molecular flexibility index (Phi) is 6.60. The first-order valence-corrected chi connectivity index (χ1v) is 9.97. The zero-order valence-electron chi connectivity index (χ0n) is 15.9. The highest BCUT2D eigenvalue weighted by atomic mass is 16.2. The summed E-state index contributed by atoms with van der Waals surface area (Å²) in [5.41, 5.74) is -0.166. The summed E-state index contributed by atoms with van der Waals surface area (Å²) in [7, 11) is 0. The maximum Gasteiger partial charge on any atom is 0.271 e. The summed E-state index contributed by atoms with van der Waals surface area (Å²) >= 11 is 0. The molecule has 1 aliphatic carbocycles. The molecule has 1 saturated heterocycles. The number of nitrogens with one attached hydrogen (secondary N) is 3.